The number of hydrogen-bond donors (Lipinski definition) is 4. The Balaban J connectivity index is 2.09. The van der Waals surface area contributed by atoms with E-state index in [1.165, 1.54) is 6.07 Å². The molecule has 0 radical (unpaired) electrons. The van der Waals surface area contributed by atoms with Crippen molar-refractivity contribution in [3.8, 4) is 0 Å². The third kappa shape index (κ3) is 3.23. The number of nitrogens with two attached hydrogens (primary N) is 2. The van der Waals surface area contributed by atoms with Crippen molar-refractivity contribution in [2.24, 2.45) is 10.6 Å². The third-order valence-electron chi connectivity index (χ3n) is 3.98. The van der Waals surface area contributed by atoms with E-state index in [4.69, 9.17) is 10.9 Å². The lowest BCUT2D eigenvalue weighted by Crippen LogP contribution is -2.30. The number of anilines is 2. The van der Waals surface area contributed by atoms with Gasteiger partial charge in [0.15, 0.2) is 0 Å². The molecule has 0 atom stereocenters. The lowest BCUT2D eigenvalue weighted by atomic mass is 9.87. The molecule has 1 aromatic carbocycles. The zero-order chi connectivity index (χ0) is 14.8. The number of nitrogens with one attached hydrogen (secondary N) is 1. The van der Waals surface area contributed by atoms with Crippen LogP contribution in [0.4, 0.5) is 11.4 Å². The van der Waals surface area contributed by atoms with E-state index in [0.29, 0.717) is 6.54 Å². The van der Waals surface area contributed by atoms with Crippen LogP contribution in [0.2, 0.25) is 0 Å². The van der Waals surface area contributed by atoms with Gasteiger partial charge in [-0.1, -0.05) is 12.8 Å². The van der Waals surface area contributed by atoms with Crippen LogP contribution in [0.3, 0.4) is 0 Å². The molecule has 2 rings (SSSR count). The van der Waals surface area contributed by atoms with Crippen molar-refractivity contribution >= 4 is 21.4 Å². The van der Waals surface area contributed by atoms with Crippen LogP contribution >= 0.6 is 0 Å². The molecular formula is C13H21N3O3S. The largest absolute Gasteiger partial charge is 0.398 e. The summed E-state index contributed by atoms with van der Waals surface area (Å²) in [6.07, 6.45) is 4.27. The molecule has 0 aromatic heterocycles. The lowest BCUT2D eigenvalue weighted by molar-refractivity contribution is 0.142. The smallest absolute Gasteiger partial charge is 0.240 e. The molecule has 0 unspecified atom stereocenters. The van der Waals surface area contributed by atoms with Crippen LogP contribution in [0, 0.1) is 5.41 Å². The summed E-state index contributed by atoms with van der Waals surface area (Å²) in [5.74, 6) is 0. The molecule has 1 saturated carbocycles. The van der Waals surface area contributed by atoms with E-state index in [-0.39, 0.29) is 22.6 Å². The molecule has 6 nitrogen and oxygen atoms in total. The Morgan fingerprint density at radius 2 is 1.95 bits per heavy atom. The number of aliphatic hydroxyl groups excluding tert-OH is 1. The lowest BCUT2D eigenvalue weighted by Gasteiger charge is -2.27. The fraction of sp³-hybridized carbons (Fsp3) is 0.538. The van der Waals surface area contributed by atoms with Gasteiger partial charge >= 0.3 is 0 Å². The highest BCUT2D eigenvalue weighted by Crippen LogP contribution is 2.37. The molecule has 0 aliphatic heterocycles. The van der Waals surface area contributed by atoms with Gasteiger partial charge in [-0.2, -0.15) is 0 Å². The highest BCUT2D eigenvalue weighted by atomic mass is 32.2. The highest BCUT2D eigenvalue weighted by molar-refractivity contribution is 7.89. The van der Waals surface area contributed by atoms with Gasteiger partial charge in [0.05, 0.1) is 12.3 Å². The van der Waals surface area contributed by atoms with Gasteiger partial charge in [-0.05, 0) is 31.0 Å². The first-order valence-corrected chi connectivity index (χ1v) is 8.18. The Labute approximate surface area is 119 Å². The minimum Gasteiger partial charge on any atom is -0.398 e. The van der Waals surface area contributed by atoms with Crippen molar-refractivity contribution in [3.63, 3.8) is 0 Å². The molecule has 0 bridgehead atoms. The van der Waals surface area contributed by atoms with Crippen LogP contribution in [0.15, 0.2) is 23.1 Å². The van der Waals surface area contributed by atoms with Gasteiger partial charge in [0.1, 0.15) is 4.90 Å². The van der Waals surface area contributed by atoms with Crippen molar-refractivity contribution in [2.75, 3.05) is 24.2 Å². The maximum absolute atomic E-state index is 11.3. The second-order valence-corrected chi connectivity index (χ2v) is 7.05. The maximum Gasteiger partial charge on any atom is 0.240 e. The molecule has 1 aliphatic carbocycles. The van der Waals surface area contributed by atoms with E-state index in [1.807, 2.05) is 0 Å². The van der Waals surface area contributed by atoms with E-state index in [2.05, 4.69) is 5.32 Å². The SMILES string of the molecule is Nc1cc(NCC2(CO)CCCC2)ccc1S(N)(=O)=O. The van der Waals surface area contributed by atoms with Crippen molar-refractivity contribution in [1.82, 2.24) is 0 Å². The Hall–Kier alpha value is -1.31. The number of aliphatic hydroxyl groups is 1. The fourth-order valence-electron chi connectivity index (χ4n) is 2.72. The number of benzene rings is 1. The molecule has 0 amide bonds. The molecule has 20 heavy (non-hydrogen) atoms. The standard InChI is InChI=1S/C13H21N3O3S/c14-11-7-10(3-4-12(11)20(15,18)19)16-8-13(9-17)5-1-2-6-13/h3-4,7,16-17H,1-2,5-6,8-9,14H2,(H2,15,18,19). The van der Waals surface area contributed by atoms with Crippen molar-refractivity contribution in [2.45, 2.75) is 30.6 Å². The van der Waals surface area contributed by atoms with Crippen LogP contribution in [0.5, 0.6) is 0 Å². The zero-order valence-electron chi connectivity index (χ0n) is 11.3. The molecule has 0 spiro atoms. The van der Waals surface area contributed by atoms with Crippen LogP contribution in [0.25, 0.3) is 0 Å². The second-order valence-electron chi connectivity index (χ2n) is 5.52. The summed E-state index contributed by atoms with van der Waals surface area (Å²) in [7, 11) is -3.79. The number of sulfonamides is 1. The first-order chi connectivity index (χ1) is 9.36. The molecule has 0 heterocycles. The van der Waals surface area contributed by atoms with Crippen molar-refractivity contribution in [3.05, 3.63) is 18.2 Å². The number of hydrogen-bond acceptors (Lipinski definition) is 5. The minimum atomic E-state index is -3.79. The van der Waals surface area contributed by atoms with Gasteiger partial charge in [-0.25, -0.2) is 13.6 Å². The summed E-state index contributed by atoms with van der Waals surface area (Å²) < 4.78 is 22.5. The topological polar surface area (TPSA) is 118 Å². The van der Waals surface area contributed by atoms with Crippen LogP contribution in [-0.2, 0) is 10.0 Å². The minimum absolute atomic E-state index is 0.0687. The van der Waals surface area contributed by atoms with Gasteiger partial charge in [-0.15, -0.1) is 0 Å². The Bertz CT molecular complexity index is 581. The van der Waals surface area contributed by atoms with E-state index in [9.17, 15) is 13.5 Å². The average Bonchev–Trinajstić information content (AvgIpc) is 2.84. The molecule has 1 fully saturated rings. The molecule has 1 aromatic rings. The summed E-state index contributed by atoms with van der Waals surface area (Å²) in [4.78, 5) is -0.0687. The summed E-state index contributed by atoms with van der Waals surface area (Å²) in [5.41, 5.74) is 6.49. The summed E-state index contributed by atoms with van der Waals surface area (Å²) in [6, 6.07) is 4.59. The highest BCUT2D eigenvalue weighted by Gasteiger charge is 2.32. The Morgan fingerprint density at radius 1 is 1.30 bits per heavy atom. The van der Waals surface area contributed by atoms with E-state index >= 15 is 0 Å². The van der Waals surface area contributed by atoms with Crippen molar-refractivity contribution in [1.29, 1.82) is 0 Å². The Kier molecular flexibility index (Phi) is 4.22. The molecule has 6 N–H and O–H groups in total. The quantitative estimate of drug-likeness (QED) is 0.602. The predicted molar refractivity (Wildman–Crippen MR) is 78.7 cm³/mol. The van der Waals surface area contributed by atoms with Crippen LogP contribution in [0.1, 0.15) is 25.7 Å². The summed E-state index contributed by atoms with van der Waals surface area (Å²) >= 11 is 0. The van der Waals surface area contributed by atoms with Crippen LogP contribution in [-0.4, -0.2) is 26.7 Å². The maximum atomic E-state index is 11.3. The monoisotopic (exact) mass is 299 g/mol. The van der Waals surface area contributed by atoms with E-state index in [0.717, 1.165) is 31.4 Å². The van der Waals surface area contributed by atoms with Gasteiger partial charge in [0, 0.05) is 17.6 Å². The van der Waals surface area contributed by atoms with Crippen molar-refractivity contribution < 1.29 is 13.5 Å². The Morgan fingerprint density at radius 3 is 2.45 bits per heavy atom. The summed E-state index contributed by atoms with van der Waals surface area (Å²) in [6.45, 7) is 0.808. The molecular weight excluding hydrogens is 278 g/mol. The molecule has 7 heteroatoms. The van der Waals surface area contributed by atoms with Crippen LogP contribution < -0.4 is 16.2 Å². The number of nitrogen functional groups attached to an aromatic ring is 1. The van der Waals surface area contributed by atoms with E-state index in [1.54, 1.807) is 12.1 Å². The average molecular weight is 299 g/mol. The fourth-order valence-corrected chi connectivity index (χ4v) is 3.37. The molecule has 112 valence electrons. The predicted octanol–water partition coefficient (Wildman–Crippen LogP) is 0.881. The van der Waals surface area contributed by atoms with Gasteiger partial charge in [0.25, 0.3) is 0 Å². The third-order valence-corrected chi connectivity index (χ3v) is 4.97. The van der Waals surface area contributed by atoms with Gasteiger partial charge in [-0.3, -0.25) is 0 Å². The first kappa shape index (κ1) is 15.1. The number of primary sulfonamides is 1. The first-order valence-electron chi connectivity index (χ1n) is 6.63. The zero-order valence-corrected chi connectivity index (χ0v) is 12.1. The normalized spacial score (nSPS) is 18.1. The van der Waals surface area contributed by atoms with E-state index < -0.39 is 10.0 Å². The van der Waals surface area contributed by atoms with Gasteiger partial charge < -0.3 is 16.2 Å². The molecule has 0 saturated heterocycles. The van der Waals surface area contributed by atoms with Gasteiger partial charge in [0.2, 0.25) is 10.0 Å². The molecule has 1 aliphatic rings. The second kappa shape index (κ2) is 5.59. The summed E-state index contributed by atoms with van der Waals surface area (Å²) in [5, 5.41) is 17.8. The number of rotatable bonds is 5.